The Hall–Kier alpha value is -1.20. The summed E-state index contributed by atoms with van der Waals surface area (Å²) in [6.07, 6.45) is 0. The van der Waals surface area contributed by atoms with E-state index in [0.29, 0.717) is 10.8 Å². The van der Waals surface area contributed by atoms with E-state index in [1.165, 1.54) is 0 Å². The van der Waals surface area contributed by atoms with Crippen LogP contribution in [0.5, 0.6) is 5.75 Å². The van der Waals surface area contributed by atoms with Crippen molar-refractivity contribution in [1.29, 1.82) is 0 Å². The lowest BCUT2D eigenvalue weighted by atomic mass is 10.1. The first kappa shape index (κ1) is 9.88. The fourth-order valence-electron chi connectivity index (χ4n) is 1.02. The van der Waals surface area contributed by atoms with Gasteiger partial charge in [0.2, 0.25) is 6.04 Å². The summed E-state index contributed by atoms with van der Waals surface area (Å²) in [4.78, 5) is 3.41. The minimum atomic E-state index is -0.150. The first-order valence-electron chi connectivity index (χ1n) is 3.89. The van der Waals surface area contributed by atoms with Crippen LogP contribution in [0.25, 0.3) is 4.85 Å². The molecule has 0 aliphatic heterocycles. The Balaban J connectivity index is 3.04. The van der Waals surface area contributed by atoms with Crippen LogP contribution in [0.4, 0.5) is 0 Å². The van der Waals surface area contributed by atoms with E-state index in [9.17, 15) is 0 Å². The number of hydrogen-bond donors (Lipinski definition) is 0. The van der Waals surface area contributed by atoms with Gasteiger partial charge in [0.1, 0.15) is 5.75 Å². The van der Waals surface area contributed by atoms with Crippen LogP contribution in [0.15, 0.2) is 18.2 Å². The molecule has 13 heavy (non-hydrogen) atoms. The molecule has 0 spiro atoms. The Morgan fingerprint density at radius 1 is 1.54 bits per heavy atom. The molecule has 0 amide bonds. The average molecular weight is 196 g/mol. The second kappa shape index (κ2) is 4.15. The van der Waals surface area contributed by atoms with E-state index in [2.05, 4.69) is 4.85 Å². The monoisotopic (exact) mass is 195 g/mol. The van der Waals surface area contributed by atoms with Crippen molar-refractivity contribution >= 4 is 11.6 Å². The Labute approximate surface area is 82.9 Å². The highest BCUT2D eigenvalue weighted by Gasteiger charge is 2.10. The minimum absolute atomic E-state index is 0.150. The van der Waals surface area contributed by atoms with E-state index in [4.69, 9.17) is 22.9 Å². The molecule has 0 aliphatic rings. The van der Waals surface area contributed by atoms with Crippen molar-refractivity contribution in [2.45, 2.75) is 13.0 Å². The maximum absolute atomic E-state index is 6.87. The Morgan fingerprint density at radius 2 is 2.23 bits per heavy atom. The summed E-state index contributed by atoms with van der Waals surface area (Å²) in [5.74, 6) is 0.641. The van der Waals surface area contributed by atoms with Gasteiger partial charge in [0, 0.05) is 12.5 Å². The number of methoxy groups -OCH3 is 1. The van der Waals surface area contributed by atoms with E-state index in [1.807, 2.05) is 13.0 Å². The molecule has 1 rings (SSSR count). The van der Waals surface area contributed by atoms with Crippen molar-refractivity contribution in [3.63, 3.8) is 0 Å². The van der Waals surface area contributed by atoms with Gasteiger partial charge >= 0.3 is 0 Å². The van der Waals surface area contributed by atoms with Gasteiger partial charge in [-0.3, -0.25) is 0 Å². The molecule has 1 aromatic rings. The fourth-order valence-corrected chi connectivity index (χ4v) is 1.28. The van der Waals surface area contributed by atoms with Crippen LogP contribution in [0.2, 0.25) is 5.02 Å². The molecule has 0 heterocycles. The molecule has 1 unspecified atom stereocenters. The summed E-state index contributed by atoms with van der Waals surface area (Å²) >= 11 is 5.90. The molecule has 0 saturated heterocycles. The number of benzene rings is 1. The highest BCUT2D eigenvalue weighted by atomic mass is 35.5. The maximum atomic E-state index is 6.87. The van der Waals surface area contributed by atoms with Crippen molar-refractivity contribution in [3.8, 4) is 5.75 Å². The first-order valence-corrected chi connectivity index (χ1v) is 4.27. The normalized spacial score (nSPS) is 11.8. The standard InChI is InChI=1S/C10H10ClNO/c1-7(12-2)8-4-5-10(13-3)9(11)6-8/h4-7H,1,3H3. The number of hydrogen-bond acceptors (Lipinski definition) is 1. The Bertz CT molecular complexity index is 343. The molecule has 0 radical (unpaired) electrons. The van der Waals surface area contributed by atoms with Crippen LogP contribution in [0.3, 0.4) is 0 Å². The minimum Gasteiger partial charge on any atom is -0.495 e. The van der Waals surface area contributed by atoms with Crippen molar-refractivity contribution in [3.05, 3.63) is 40.2 Å². The lowest BCUT2D eigenvalue weighted by Gasteiger charge is -2.04. The van der Waals surface area contributed by atoms with Crippen LogP contribution in [-0.2, 0) is 0 Å². The van der Waals surface area contributed by atoms with Crippen molar-refractivity contribution in [2.75, 3.05) is 7.11 Å². The predicted molar refractivity (Wildman–Crippen MR) is 53.0 cm³/mol. The molecule has 0 bridgehead atoms. The summed E-state index contributed by atoms with van der Waals surface area (Å²) in [5.41, 5.74) is 0.917. The molecule has 68 valence electrons. The van der Waals surface area contributed by atoms with Crippen molar-refractivity contribution < 1.29 is 4.74 Å². The van der Waals surface area contributed by atoms with E-state index in [0.717, 1.165) is 5.56 Å². The zero-order chi connectivity index (χ0) is 9.84. The third-order valence-corrected chi connectivity index (χ3v) is 2.15. The number of halogens is 1. The van der Waals surface area contributed by atoms with Gasteiger partial charge in [0.05, 0.1) is 12.1 Å². The zero-order valence-corrected chi connectivity index (χ0v) is 8.30. The molecule has 1 atom stereocenters. The van der Waals surface area contributed by atoms with Gasteiger partial charge < -0.3 is 9.58 Å². The van der Waals surface area contributed by atoms with Crippen molar-refractivity contribution in [2.24, 2.45) is 0 Å². The third kappa shape index (κ3) is 2.13. The molecule has 0 aromatic heterocycles. The van der Waals surface area contributed by atoms with Gasteiger partial charge in [0.15, 0.2) is 0 Å². The smallest absolute Gasteiger partial charge is 0.246 e. The summed E-state index contributed by atoms with van der Waals surface area (Å²) in [6, 6.07) is 5.25. The predicted octanol–water partition coefficient (Wildman–Crippen LogP) is 3.33. The average Bonchev–Trinajstić information content (AvgIpc) is 2.16. The molecular weight excluding hydrogens is 186 g/mol. The highest BCUT2D eigenvalue weighted by Crippen LogP contribution is 2.28. The summed E-state index contributed by atoms with van der Waals surface area (Å²) < 4.78 is 5.00. The molecule has 0 aliphatic carbocycles. The van der Waals surface area contributed by atoms with Crippen LogP contribution in [0.1, 0.15) is 18.5 Å². The Kier molecular flexibility index (Phi) is 3.16. The van der Waals surface area contributed by atoms with E-state index >= 15 is 0 Å². The van der Waals surface area contributed by atoms with E-state index in [1.54, 1.807) is 19.2 Å². The fraction of sp³-hybridized carbons (Fsp3) is 0.300. The van der Waals surface area contributed by atoms with Gasteiger partial charge in [-0.15, -0.1) is 0 Å². The highest BCUT2D eigenvalue weighted by molar-refractivity contribution is 6.32. The van der Waals surface area contributed by atoms with Gasteiger partial charge in [-0.2, -0.15) is 0 Å². The van der Waals surface area contributed by atoms with Crippen LogP contribution in [-0.4, -0.2) is 7.11 Å². The van der Waals surface area contributed by atoms with Crippen molar-refractivity contribution in [1.82, 2.24) is 0 Å². The van der Waals surface area contributed by atoms with Gasteiger partial charge in [-0.1, -0.05) is 11.6 Å². The molecule has 3 heteroatoms. The number of ether oxygens (including phenoxy) is 1. The Morgan fingerprint density at radius 3 is 2.69 bits per heavy atom. The van der Waals surface area contributed by atoms with Crippen LogP contribution in [0, 0.1) is 6.57 Å². The SMILES string of the molecule is [C-]#[N+]C(C)c1ccc(OC)c(Cl)c1. The molecule has 1 aromatic carbocycles. The number of rotatable bonds is 2. The second-order valence-electron chi connectivity index (χ2n) is 2.70. The molecule has 2 nitrogen and oxygen atoms in total. The lowest BCUT2D eigenvalue weighted by Crippen LogP contribution is -1.89. The summed E-state index contributed by atoms with van der Waals surface area (Å²) in [5, 5.41) is 0.551. The molecule has 0 fully saturated rings. The van der Waals surface area contributed by atoms with E-state index < -0.39 is 0 Å². The van der Waals surface area contributed by atoms with Gasteiger partial charge in [-0.05, 0) is 18.2 Å². The molecule has 0 saturated carbocycles. The topological polar surface area (TPSA) is 13.6 Å². The van der Waals surface area contributed by atoms with Crippen LogP contribution >= 0.6 is 11.6 Å². The van der Waals surface area contributed by atoms with Crippen LogP contribution < -0.4 is 4.74 Å². The zero-order valence-electron chi connectivity index (χ0n) is 7.54. The van der Waals surface area contributed by atoms with E-state index in [-0.39, 0.29) is 6.04 Å². The maximum Gasteiger partial charge on any atom is 0.246 e. The quantitative estimate of drug-likeness (QED) is 0.660. The molecular formula is C10H10ClNO. The van der Waals surface area contributed by atoms with Gasteiger partial charge in [-0.25, -0.2) is 6.57 Å². The lowest BCUT2D eigenvalue weighted by molar-refractivity contribution is 0.415. The third-order valence-electron chi connectivity index (χ3n) is 1.85. The first-order chi connectivity index (χ1) is 6.19. The summed E-state index contributed by atoms with van der Waals surface area (Å²) in [6.45, 7) is 8.70. The summed E-state index contributed by atoms with van der Waals surface area (Å²) in [7, 11) is 1.57. The molecule has 0 N–H and O–H groups in total. The van der Waals surface area contributed by atoms with Gasteiger partial charge in [0.25, 0.3) is 0 Å². The number of nitrogens with zero attached hydrogens (tertiary/aromatic N) is 1. The largest absolute Gasteiger partial charge is 0.495 e. The second-order valence-corrected chi connectivity index (χ2v) is 3.11.